The molecule has 0 aromatic heterocycles. The molecule has 0 amide bonds. The van der Waals surface area contributed by atoms with Gasteiger partial charge in [0.05, 0.1) is 12.1 Å². The van der Waals surface area contributed by atoms with E-state index < -0.39 is 54.5 Å². The van der Waals surface area contributed by atoms with Crippen molar-refractivity contribution in [2.45, 2.75) is 103 Å². The zero-order chi connectivity index (χ0) is 27.0. The fraction of sp³-hybridized carbons (Fsp3) is 0.850. The van der Waals surface area contributed by atoms with Gasteiger partial charge in [-0.2, -0.15) is 0 Å². The van der Waals surface area contributed by atoms with E-state index in [1.54, 1.807) is 0 Å². The first-order valence-corrected chi connectivity index (χ1v) is 11.1. The topological polar surface area (TPSA) is 213 Å². The third kappa shape index (κ3) is 7.68. The highest BCUT2D eigenvalue weighted by Crippen LogP contribution is 2.39. The van der Waals surface area contributed by atoms with Crippen LogP contribution >= 0.6 is 0 Å². The third-order valence-corrected chi connectivity index (χ3v) is 5.22. The standard InChI is InChI=1S/C11H15N3O7.C9H15N3O3/c1-5(15)18-4-8-9(13-14-12)10(19-6(2)16)11(21-8)20-7(3)17;1-4-5-6(11-12-10)7-8(13-5)15-9(2,3)14-7/h8-11H,4H2,1-3H3;5-8H,4H2,1-3H3/t8-,9-,10-,11?;5-,6-,7-,8-/m11/s1. The van der Waals surface area contributed by atoms with Gasteiger partial charge in [0.15, 0.2) is 18.2 Å². The van der Waals surface area contributed by atoms with Gasteiger partial charge in [-0.3, -0.25) is 14.4 Å². The maximum Gasteiger partial charge on any atom is 0.305 e. The molecule has 16 heteroatoms. The van der Waals surface area contributed by atoms with Crippen molar-refractivity contribution in [2.75, 3.05) is 6.61 Å². The SMILES string of the molecule is CC(=O)OC[C@H]1OC(OC(C)=O)[C@H](OC(C)=O)[C@@H]1N=[N+]=[N-].CC[C@H]1O[C@@H]2OC(C)(C)O[C@@H]2[C@@H]1N=[N+]=[N-]. The van der Waals surface area contributed by atoms with Crippen molar-refractivity contribution in [1.29, 1.82) is 0 Å². The average molecular weight is 514 g/mol. The fourth-order valence-electron chi connectivity index (χ4n) is 3.91. The molecule has 0 N–H and O–H groups in total. The van der Waals surface area contributed by atoms with Gasteiger partial charge in [0, 0.05) is 30.6 Å². The van der Waals surface area contributed by atoms with Gasteiger partial charge in [-0.25, -0.2) is 0 Å². The van der Waals surface area contributed by atoms with E-state index in [4.69, 9.17) is 44.2 Å². The highest BCUT2D eigenvalue weighted by Gasteiger charge is 2.54. The molecule has 0 bridgehead atoms. The number of azide groups is 2. The largest absolute Gasteiger partial charge is 0.463 e. The molecule has 0 aromatic rings. The minimum Gasteiger partial charge on any atom is -0.463 e. The highest BCUT2D eigenvalue weighted by atomic mass is 16.8. The third-order valence-electron chi connectivity index (χ3n) is 5.22. The van der Waals surface area contributed by atoms with Crippen LogP contribution in [-0.4, -0.2) is 79.4 Å². The van der Waals surface area contributed by atoms with Crippen LogP contribution in [0.1, 0.15) is 48.0 Å². The Morgan fingerprint density at radius 3 is 2.03 bits per heavy atom. The second-order valence-electron chi connectivity index (χ2n) is 8.47. The summed E-state index contributed by atoms with van der Waals surface area (Å²) in [5.74, 6) is -2.53. The molecule has 16 nitrogen and oxygen atoms in total. The molecule has 0 radical (unpaired) electrons. The molecule has 36 heavy (non-hydrogen) atoms. The Labute approximate surface area is 206 Å². The summed E-state index contributed by atoms with van der Waals surface area (Å²) in [7, 11) is 0. The number of ether oxygens (including phenoxy) is 7. The lowest BCUT2D eigenvalue weighted by atomic mass is 10.1. The first-order valence-electron chi connectivity index (χ1n) is 11.1. The normalized spacial score (nSPS) is 33.6. The van der Waals surface area contributed by atoms with E-state index in [1.807, 2.05) is 20.8 Å². The van der Waals surface area contributed by atoms with Crippen molar-refractivity contribution in [1.82, 2.24) is 0 Å². The Kier molecular flexibility index (Phi) is 10.3. The van der Waals surface area contributed by atoms with Crippen LogP contribution in [0, 0.1) is 0 Å². The van der Waals surface area contributed by atoms with Crippen LogP contribution in [0.25, 0.3) is 20.9 Å². The Morgan fingerprint density at radius 1 is 0.889 bits per heavy atom. The highest BCUT2D eigenvalue weighted by molar-refractivity contribution is 5.67. The van der Waals surface area contributed by atoms with Crippen molar-refractivity contribution >= 4 is 17.9 Å². The molecule has 8 atom stereocenters. The lowest BCUT2D eigenvalue weighted by Gasteiger charge is -2.22. The molecule has 200 valence electrons. The molecule has 0 aromatic carbocycles. The smallest absolute Gasteiger partial charge is 0.305 e. The summed E-state index contributed by atoms with van der Waals surface area (Å²) >= 11 is 0. The second kappa shape index (κ2) is 12.7. The van der Waals surface area contributed by atoms with Crippen LogP contribution in [0.3, 0.4) is 0 Å². The van der Waals surface area contributed by atoms with Crippen LogP contribution in [-0.2, 0) is 47.5 Å². The van der Waals surface area contributed by atoms with Crippen molar-refractivity contribution in [3.63, 3.8) is 0 Å². The molecule has 0 spiro atoms. The number of nitrogens with zero attached hydrogens (tertiary/aromatic N) is 6. The summed E-state index contributed by atoms with van der Waals surface area (Å²) in [5.41, 5.74) is 17.1. The quantitative estimate of drug-likeness (QED) is 0.159. The minimum absolute atomic E-state index is 0.105. The first-order chi connectivity index (χ1) is 16.9. The van der Waals surface area contributed by atoms with Crippen molar-refractivity contribution in [3.05, 3.63) is 20.9 Å². The molecule has 3 fully saturated rings. The van der Waals surface area contributed by atoms with Crippen LogP contribution in [0.4, 0.5) is 0 Å². The van der Waals surface area contributed by atoms with Gasteiger partial charge in [0.1, 0.15) is 24.9 Å². The van der Waals surface area contributed by atoms with E-state index in [9.17, 15) is 14.4 Å². The van der Waals surface area contributed by atoms with Crippen LogP contribution in [0.15, 0.2) is 10.2 Å². The van der Waals surface area contributed by atoms with Crippen molar-refractivity contribution < 1.29 is 47.5 Å². The Hall–Kier alpha value is -3.13. The predicted molar refractivity (Wildman–Crippen MR) is 117 cm³/mol. The van der Waals surface area contributed by atoms with E-state index in [2.05, 4.69) is 20.1 Å². The Morgan fingerprint density at radius 2 is 1.50 bits per heavy atom. The van der Waals surface area contributed by atoms with Gasteiger partial charge in [-0.05, 0) is 31.3 Å². The molecular weight excluding hydrogens is 484 g/mol. The fourth-order valence-corrected chi connectivity index (χ4v) is 3.91. The predicted octanol–water partition coefficient (Wildman–Crippen LogP) is 2.40. The van der Waals surface area contributed by atoms with Gasteiger partial charge in [0.2, 0.25) is 6.29 Å². The number of hydrogen-bond donors (Lipinski definition) is 0. The maximum absolute atomic E-state index is 11.1. The maximum atomic E-state index is 11.1. The molecule has 3 heterocycles. The minimum atomic E-state index is -1.23. The molecule has 3 saturated heterocycles. The molecule has 3 aliphatic rings. The zero-order valence-corrected chi connectivity index (χ0v) is 20.8. The summed E-state index contributed by atoms with van der Waals surface area (Å²) < 4.78 is 36.8. The lowest BCUT2D eigenvalue weighted by Crippen LogP contribution is -2.38. The number of carbonyl (C=O) groups is 3. The molecule has 0 saturated carbocycles. The van der Waals surface area contributed by atoms with E-state index in [0.717, 1.165) is 20.3 Å². The van der Waals surface area contributed by atoms with Gasteiger partial charge < -0.3 is 33.2 Å². The summed E-state index contributed by atoms with van der Waals surface area (Å²) in [5, 5.41) is 7.21. The number of esters is 3. The van der Waals surface area contributed by atoms with E-state index in [0.29, 0.717) is 0 Å². The Bertz CT molecular complexity index is 919. The van der Waals surface area contributed by atoms with Crippen LogP contribution in [0.2, 0.25) is 0 Å². The molecule has 3 rings (SSSR count). The van der Waals surface area contributed by atoms with Gasteiger partial charge in [-0.1, -0.05) is 17.2 Å². The summed E-state index contributed by atoms with van der Waals surface area (Å²) in [6.45, 7) is 8.90. The van der Waals surface area contributed by atoms with E-state index in [1.165, 1.54) is 6.92 Å². The van der Waals surface area contributed by atoms with Gasteiger partial charge in [0.25, 0.3) is 0 Å². The number of carbonyl (C=O) groups excluding carboxylic acids is 3. The van der Waals surface area contributed by atoms with E-state index in [-0.39, 0.29) is 24.9 Å². The summed E-state index contributed by atoms with van der Waals surface area (Å²) in [6.07, 6.45) is -3.23. The lowest BCUT2D eigenvalue weighted by molar-refractivity contribution is -0.206. The first kappa shape index (κ1) is 29.1. The van der Waals surface area contributed by atoms with E-state index >= 15 is 0 Å². The van der Waals surface area contributed by atoms with Crippen molar-refractivity contribution in [3.8, 4) is 0 Å². The molecule has 0 aliphatic carbocycles. The zero-order valence-electron chi connectivity index (χ0n) is 20.8. The molecule has 1 unspecified atom stereocenters. The molecule has 3 aliphatic heterocycles. The summed E-state index contributed by atoms with van der Waals surface area (Å²) in [4.78, 5) is 38.5. The van der Waals surface area contributed by atoms with Gasteiger partial charge >= 0.3 is 17.9 Å². The number of hydrogen-bond acceptors (Lipinski definition) is 12. The monoisotopic (exact) mass is 514 g/mol. The second-order valence-corrected chi connectivity index (χ2v) is 8.47. The van der Waals surface area contributed by atoms with Crippen LogP contribution in [0.5, 0.6) is 0 Å². The van der Waals surface area contributed by atoms with Gasteiger partial charge in [-0.15, -0.1) is 0 Å². The number of fused-ring (bicyclic) bond motifs is 1. The van der Waals surface area contributed by atoms with Crippen LogP contribution < -0.4 is 0 Å². The Balaban J connectivity index is 0.000000267. The average Bonchev–Trinajstić information content (AvgIpc) is 3.36. The number of rotatable bonds is 7. The molecular formula is C20H30N6O10. The van der Waals surface area contributed by atoms with Crippen molar-refractivity contribution in [2.24, 2.45) is 10.2 Å². The summed E-state index contributed by atoms with van der Waals surface area (Å²) in [6, 6.07) is -1.27.